The summed E-state index contributed by atoms with van der Waals surface area (Å²) in [6.45, 7) is 6.51. The predicted molar refractivity (Wildman–Crippen MR) is 95.6 cm³/mol. The Labute approximate surface area is 153 Å². The van der Waals surface area contributed by atoms with Crippen molar-refractivity contribution >= 4 is 17.7 Å². The van der Waals surface area contributed by atoms with Crippen molar-refractivity contribution in [3.63, 3.8) is 0 Å². The molecule has 2 aliphatic rings. The molecule has 2 saturated heterocycles. The number of nitrogens with zero attached hydrogens (tertiary/aromatic N) is 3. The number of carbonyl (C=O) groups is 3. The first kappa shape index (κ1) is 18.2. The molecule has 2 fully saturated rings. The molecule has 0 radical (unpaired) electrons. The van der Waals surface area contributed by atoms with Crippen molar-refractivity contribution in [3.05, 3.63) is 29.8 Å². The molecular formula is C19H25N3O4. The molecule has 1 aromatic carbocycles. The van der Waals surface area contributed by atoms with Crippen molar-refractivity contribution in [2.24, 2.45) is 0 Å². The Balaban J connectivity index is 1.72. The van der Waals surface area contributed by atoms with Gasteiger partial charge in [0.2, 0.25) is 11.8 Å². The van der Waals surface area contributed by atoms with Gasteiger partial charge in [-0.15, -0.1) is 0 Å². The van der Waals surface area contributed by atoms with E-state index in [1.165, 1.54) is 4.90 Å². The average Bonchev–Trinajstić information content (AvgIpc) is 2.60. The minimum atomic E-state index is -1.06. The summed E-state index contributed by atoms with van der Waals surface area (Å²) in [4.78, 5) is 42.2. The fourth-order valence-corrected chi connectivity index (χ4v) is 3.43. The number of benzene rings is 1. The smallest absolute Gasteiger partial charge is 0.266 e. The number of piperazine rings is 2. The zero-order valence-electron chi connectivity index (χ0n) is 15.7. The van der Waals surface area contributed by atoms with E-state index in [0.717, 1.165) is 5.56 Å². The van der Waals surface area contributed by atoms with E-state index in [4.69, 9.17) is 4.74 Å². The fourth-order valence-electron chi connectivity index (χ4n) is 3.43. The maximum Gasteiger partial charge on any atom is 0.266 e. The second-order valence-electron chi connectivity index (χ2n) is 7.47. The molecule has 1 aromatic rings. The summed E-state index contributed by atoms with van der Waals surface area (Å²) in [5, 5.41) is 0. The molecular weight excluding hydrogens is 334 g/mol. The van der Waals surface area contributed by atoms with Crippen LogP contribution in [0.4, 0.5) is 0 Å². The van der Waals surface area contributed by atoms with E-state index in [0.29, 0.717) is 18.8 Å². The molecule has 3 amide bonds. The van der Waals surface area contributed by atoms with Gasteiger partial charge in [0.25, 0.3) is 5.91 Å². The third-order valence-electron chi connectivity index (χ3n) is 4.93. The zero-order chi connectivity index (χ0) is 19.1. The van der Waals surface area contributed by atoms with Crippen molar-refractivity contribution in [3.8, 4) is 5.75 Å². The topological polar surface area (TPSA) is 70.2 Å². The van der Waals surface area contributed by atoms with E-state index in [1.807, 2.05) is 31.2 Å². The van der Waals surface area contributed by atoms with Gasteiger partial charge in [0, 0.05) is 20.1 Å². The van der Waals surface area contributed by atoms with Crippen molar-refractivity contribution in [1.29, 1.82) is 0 Å². The monoisotopic (exact) mass is 359 g/mol. The molecule has 0 saturated carbocycles. The summed E-state index contributed by atoms with van der Waals surface area (Å²) in [5.41, 5.74) is 0.0487. The number of hydrogen-bond donors (Lipinski definition) is 0. The Morgan fingerprint density at radius 3 is 2.46 bits per heavy atom. The SMILES string of the molecule is Cc1ccc(OC(C)(C)C(=O)N2CCN3C(=O)CN(C)C(=O)[C@H]3C2)cc1. The number of amides is 3. The van der Waals surface area contributed by atoms with Gasteiger partial charge in [0.1, 0.15) is 11.8 Å². The van der Waals surface area contributed by atoms with Gasteiger partial charge >= 0.3 is 0 Å². The predicted octanol–water partition coefficient (Wildman–Crippen LogP) is 0.664. The molecule has 0 aromatic heterocycles. The van der Waals surface area contributed by atoms with E-state index in [2.05, 4.69) is 0 Å². The van der Waals surface area contributed by atoms with Crippen LogP contribution < -0.4 is 4.74 Å². The lowest BCUT2D eigenvalue weighted by atomic mass is 10.0. The molecule has 0 bridgehead atoms. The minimum Gasteiger partial charge on any atom is -0.478 e. The standard InChI is InChI=1S/C19H25N3O4/c1-13-5-7-14(8-6-13)26-19(2,3)18(25)21-9-10-22-15(11-21)17(24)20(4)12-16(22)23/h5-8,15H,9-12H2,1-4H3/t15-/m1/s1. The zero-order valence-corrected chi connectivity index (χ0v) is 15.7. The molecule has 7 nitrogen and oxygen atoms in total. The van der Waals surface area contributed by atoms with Crippen LogP contribution in [0, 0.1) is 6.92 Å². The number of ether oxygens (including phenoxy) is 1. The third-order valence-corrected chi connectivity index (χ3v) is 4.93. The van der Waals surface area contributed by atoms with Gasteiger partial charge in [-0.2, -0.15) is 0 Å². The average molecular weight is 359 g/mol. The highest BCUT2D eigenvalue weighted by Crippen LogP contribution is 2.24. The number of aryl methyl sites for hydroxylation is 1. The minimum absolute atomic E-state index is 0.0700. The Bertz CT molecular complexity index is 729. The van der Waals surface area contributed by atoms with Crippen molar-refractivity contribution in [2.75, 3.05) is 33.2 Å². The van der Waals surface area contributed by atoms with Crippen LogP contribution in [0.2, 0.25) is 0 Å². The van der Waals surface area contributed by atoms with E-state index in [9.17, 15) is 14.4 Å². The van der Waals surface area contributed by atoms with Crippen LogP contribution in [0.25, 0.3) is 0 Å². The van der Waals surface area contributed by atoms with E-state index in [1.54, 1.807) is 30.7 Å². The Kier molecular flexibility index (Phi) is 4.64. The normalized spacial score (nSPS) is 20.9. The molecule has 2 heterocycles. The Morgan fingerprint density at radius 1 is 1.15 bits per heavy atom. The van der Waals surface area contributed by atoms with E-state index >= 15 is 0 Å². The lowest BCUT2D eigenvalue weighted by Crippen LogP contribution is -2.68. The Hall–Kier alpha value is -2.57. The number of hydrogen-bond acceptors (Lipinski definition) is 4. The largest absolute Gasteiger partial charge is 0.478 e. The highest BCUT2D eigenvalue weighted by atomic mass is 16.5. The quantitative estimate of drug-likeness (QED) is 0.795. The van der Waals surface area contributed by atoms with Crippen molar-refractivity contribution in [2.45, 2.75) is 32.4 Å². The van der Waals surface area contributed by atoms with Gasteiger partial charge in [-0.1, -0.05) is 17.7 Å². The second kappa shape index (κ2) is 6.63. The van der Waals surface area contributed by atoms with Crippen LogP contribution in [0.3, 0.4) is 0 Å². The lowest BCUT2D eigenvalue weighted by molar-refractivity contribution is -0.163. The van der Waals surface area contributed by atoms with Gasteiger partial charge in [0.15, 0.2) is 5.60 Å². The number of likely N-dealkylation sites (N-methyl/N-ethyl adjacent to an activating group) is 1. The first-order chi connectivity index (χ1) is 12.2. The summed E-state index contributed by atoms with van der Waals surface area (Å²) in [5.74, 6) is 0.237. The first-order valence-corrected chi connectivity index (χ1v) is 8.78. The molecule has 0 aliphatic carbocycles. The van der Waals surface area contributed by atoms with Gasteiger partial charge in [0.05, 0.1) is 13.1 Å². The van der Waals surface area contributed by atoms with Crippen molar-refractivity contribution < 1.29 is 19.1 Å². The fraction of sp³-hybridized carbons (Fsp3) is 0.526. The van der Waals surface area contributed by atoms with E-state index < -0.39 is 11.6 Å². The number of fused-ring (bicyclic) bond motifs is 1. The van der Waals surface area contributed by atoms with Crippen LogP contribution in [0.15, 0.2) is 24.3 Å². The summed E-state index contributed by atoms with van der Waals surface area (Å²) in [7, 11) is 1.61. The third kappa shape index (κ3) is 3.38. The summed E-state index contributed by atoms with van der Waals surface area (Å²) < 4.78 is 5.91. The van der Waals surface area contributed by atoms with Crippen LogP contribution in [-0.4, -0.2) is 77.3 Å². The number of rotatable bonds is 3. The molecule has 3 rings (SSSR count). The van der Waals surface area contributed by atoms with Crippen LogP contribution in [-0.2, 0) is 14.4 Å². The number of carbonyl (C=O) groups excluding carboxylic acids is 3. The van der Waals surface area contributed by atoms with Gasteiger partial charge < -0.3 is 19.4 Å². The molecule has 26 heavy (non-hydrogen) atoms. The van der Waals surface area contributed by atoms with Crippen LogP contribution in [0.1, 0.15) is 19.4 Å². The summed E-state index contributed by atoms with van der Waals surface area (Å²) >= 11 is 0. The molecule has 0 N–H and O–H groups in total. The first-order valence-electron chi connectivity index (χ1n) is 8.78. The maximum absolute atomic E-state index is 13.0. The molecule has 0 spiro atoms. The molecule has 140 valence electrons. The molecule has 1 atom stereocenters. The molecule has 2 aliphatic heterocycles. The highest BCUT2D eigenvalue weighted by molar-refractivity contribution is 5.96. The highest BCUT2D eigenvalue weighted by Gasteiger charge is 2.45. The van der Waals surface area contributed by atoms with Crippen molar-refractivity contribution in [1.82, 2.24) is 14.7 Å². The van der Waals surface area contributed by atoms with Gasteiger partial charge in [-0.05, 0) is 32.9 Å². The Morgan fingerprint density at radius 2 is 1.81 bits per heavy atom. The van der Waals surface area contributed by atoms with Gasteiger partial charge in [-0.3, -0.25) is 14.4 Å². The van der Waals surface area contributed by atoms with Crippen LogP contribution in [0.5, 0.6) is 5.75 Å². The summed E-state index contributed by atoms with van der Waals surface area (Å²) in [6.07, 6.45) is 0. The van der Waals surface area contributed by atoms with Gasteiger partial charge in [-0.25, -0.2) is 0 Å². The lowest BCUT2D eigenvalue weighted by Gasteiger charge is -2.46. The summed E-state index contributed by atoms with van der Waals surface area (Å²) in [6, 6.07) is 6.92. The molecule has 7 heteroatoms. The van der Waals surface area contributed by atoms with E-state index in [-0.39, 0.29) is 30.8 Å². The second-order valence-corrected chi connectivity index (χ2v) is 7.47. The van der Waals surface area contributed by atoms with Crippen LogP contribution >= 0.6 is 0 Å². The maximum atomic E-state index is 13.0. The molecule has 0 unspecified atom stereocenters.